The van der Waals surface area contributed by atoms with Gasteiger partial charge in [0.1, 0.15) is 10.8 Å². The minimum absolute atomic E-state index is 0.140. The first kappa shape index (κ1) is 19.4. The maximum atomic E-state index is 12.9. The third kappa shape index (κ3) is 3.47. The Bertz CT molecular complexity index is 1140. The largest absolute Gasteiger partial charge is 0.497 e. The van der Waals surface area contributed by atoms with E-state index in [9.17, 15) is 4.79 Å². The summed E-state index contributed by atoms with van der Waals surface area (Å²) in [6.45, 7) is 5.87. The number of hydrogen-bond donors (Lipinski definition) is 1. The number of benzene rings is 1. The highest BCUT2D eigenvalue weighted by molar-refractivity contribution is 8.19. The van der Waals surface area contributed by atoms with Crippen molar-refractivity contribution in [3.05, 3.63) is 57.2 Å². The summed E-state index contributed by atoms with van der Waals surface area (Å²) < 4.78 is 7.37. The molecule has 0 radical (unpaired) electrons. The van der Waals surface area contributed by atoms with Crippen LogP contribution in [0.2, 0.25) is 0 Å². The summed E-state index contributed by atoms with van der Waals surface area (Å²) in [5, 5.41) is 17.5. The van der Waals surface area contributed by atoms with Crippen LogP contribution >= 0.6 is 23.1 Å². The Morgan fingerprint density at radius 3 is 2.48 bits per heavy atom. The molecule has 2 aromatic heterocycles. The number of aromatic nitrogens is 3. The van der Waals surface area contributed by atoms with E-state index in [0.29, 0.717) is 10.0 Å². The lowest BCUT2D eigenvalue weighted by molar-refractivity contribution is -0.113. The van der Waals surface area contributed by atoms with Crippen molar-refractivity contribution in [1.29, 1.82) is 5.41 Å². The van der Waals surface area contributed by atoms with Crippen molar-refractivity contribution >= 4 is 45.4 Å². The fourth-order valence-electron chi connectivity index (χ4n) is 3.24. The number of carbonyl (C=O) groups excluding carboxylic acids is 1. The van der Waals surface area contributed by atoms with Crippen LogP contribution in [0.1, 0.15) is 22.0 Å². The molecule has 29 heavy (non-hydrogen) atoms. The number of nitrogens with one attached hydrogen (secondary N) is 1. The number of amidine groups is 1. The predicted octanol–water partition coefficient (Wildman–Crippen LogP) is 4.32. The van der Waals surface area contributed by atoms with Gasteiger partial charge >= 0.3 is 0 Å². The van der Waals surface area contributed by atoms with Gasteiger partial charge in [-0.15, -0.1) is 10.2 Å². The molecule has 0 unspecified atom stereocenters. The average molecular weight is 426 g/mol. The van der Waals surface area contributed by atoms with Crippen LogP contribution < -0.4 is 9.64 Å². The van der Waals surface area contributed by atoms with Gasteiger partial charge in [-0.25, -0.2) is 4.90 Å². The van der Waals surface area contributed by atoms with Crippen molar-refractivity contribution in [2.24, 2.45) is 0 Å². The average Bonchev–Trinajstić information content (AvgIpc) is 3.32. The standard InChI is InChI=1S/C20H19N5O2S2/c1-11-9-14(12(2)24(11)15-5-7-16(27-4)8-6-15)10-17-18(26)25(19(21)29-17)20-23-22-13(3)28-20/h5-10,21H,1-4H3/b17-10+,21-19?. The van der Waals surface area contributed by atoms with Crippen molar-refractivity contribution in [3.63, 3.8) is 0 Å². The Labute approximate surface area is 176 Å². The Morgan fingerprint density at radius 2 is 1.86 bits per heavy atom. The number of hydrogen-bond acceptors (Lipinski definition) is 7. The number of methoxy groups -OCH3 is 1. The molecule has 1 amide bonds. The van der Waals surface area contributed by atoms with E-state index in [0.717, 1.165) is 45.2 Å². The van der Waals surface area contributed by atoms with E-state index < -0.39 is 0 Å². The summed E-state index contributed by atoms with van der Waals surface area (Å²) >= 11 is 2.44. The van der Waals surface area contributed by atoms with E-state index in [2.05, 4.69) is 14.8 Å². The van der Waals surface area contributed by atoms with Gasteiger partial charge in [-0.05, 0) is 74.5 Å². The molecule has 1 N–H and O–H groups in total. The van der Waals surface area contributed by atoms with Gasteiger partial charge in [-0.1, -0.05) is 11.3 Å². The molecule has 1 aromatic carbocycles. The number of nitrogens with zero attached hydrogens (tertiary/aromatic N) is 4. The Balaban J connectivity index is 1.68. The predicted molar refractivity (Wildman–Crippen MR) is 117 cm³/mol. The number of amides is 1. The fourth-order valence-corrected chi connectivity index (χ4v) is 4.83. The maximum absolute atomic E-state index is 12.9. The van der Waals surface area contributed by atoms with Crippen LogP contribution in [0, 0.1) is 26.2 Å². The highest BCUT2D eigenvalue weighted by atomic mass is 32.2. The zero-order valence-electron chi connectivity index (χ0n) is 16.4. The van der Waals surface area contributed by atoms with Crippen molar-refractivity contribution in [3.8, 4) is 11.4 Å². The molecule has 3 aromatic rings. The Morgan fingerprint density at radius 1 is 1.14 bits per heavy atom. The van der Waals surface area contributed by atoms with E-state index in [1.807, 2.05) is 57.2 Å². The summed E-state index contributed by atoms with van der Waals surface area (Å²) in [7, 11) is 1.64. The van der Waals surface area contributed by atoms with Gasteiger partial charge in [0, 0.05) is 17.1 Å². The van der Waals surface area contributed by atoms with Gasteiger partial charge in [0.25, 0.3) is 5.91 Å². The number of aryl methyl sites for hydroxylation is 2. The van der Waals surface area contributed by atoms with Gasteiger partial charge in [0.15, 0.2) is 5.17 Å². The van der Waals surface area contributed by atoms with Gasteiger partial charge < -0.3 is 9.30 Å². The quantitative estimate of drug-likeness (QED) is 0.630. The lowest BCUT2D eigenvalue weighted by atomic mass is 10.2. The normalized spacial score (nSPS) is 15.6. The molecule has 9 heteroatoms. The molecule has 1 saturated heterocycles. The SMILES string of the molecule is COc1ccc(-n2c(C)cc(/C=C3/SC(=N)N(c4nnc(C)s4)C3=O)c2C)cc1. The summed E-state index contributed by atoms with van der Waals surface area (Å²) in [6.07, 6.45) is 1.85. The molecule has 1 fully saturated rings. The Hall–Kier alpha value is -2.91. The van der Waals surface area contributed by atoms with Crippen molar-refractivity contribution < 1.29 is 9.53 Å². The van der Waals surface area contributed by atoms with E-state index in [-0.39, 0.29) is 11.1 Å². The van der Waals surface area contributed by atoms with Crippen LogP contribution in [0.4, 0.5) is 5.13 Å². The summed E-state index contributed by atoms with van der Waals surface area (Å²) in [5.41, 5.74) is 4.04. The van der Waals surface area contributed by atoms with Gasteiger partial charge in [0.05, 0.1) is 12.0 Å². The first-order valence-corrected chi connectivity index (χ1v) is 10.5. The van der Waals surface area contributed by atoms with Crippen molar-refractivity contribution in [1.82, 2.24) is 14.8 Å². The maximum Gasteiger partial charge on any atom is 0.273 e. The number of rotatable bonds is 4. The monoisotopic (exact) mass is 425 g/mol. The molecule has 1 aliphatic heterocycles. The number of carbonyl (C=O) groups is 1. The first-order valence-electron chi connectivity index (χ1n) is 8.85. The van der Waals surface area contributed by atoms with Gasteiger partial charge in [0.2, 0.25) is 5.13 Å². The highest BCUT2D eigenvalue weighted by Crippen LogP contribution is 2.37. The van der Waals surface area contributed by atoms with Gasteiger partial charge in [-0.2, -0.15) is 0 Å². The number of thioether (sulfide) groups is 1. The molecule has 0 aliphatic carbocycles. The summed E-state index contributed by atoms with van der Waals surface area (Å²) in [4.78, 5) is 14.7. The molecule has 3 heterocycles. The highest BCUT2D eigenvalue weighted by Gasteiger charge is 2.36. The van der Waals surface area contributed by atoms with E-state index in [4.69, 9.17) is 10.1 Å². The molecule has 0 saturated carbocycles. The summed E-state index contributed by atoms with van der Waals surface area (Å²) in [5.74, 6) is 0.558. The van der Waals surface area contributed by atoms with E-state index >= 15 is 0 Å². The fraction of sp³-hybridized carbons (Fsp3) is 0.200. The molecular weight excluding hydrogens is 406 g/mol. The lowest BCUT2D eigenvalue weighted by Gasteiger charge is -2.10. The van der Waals surface area contributed by atoms with Crippen LogP contribution in [-0.4, -0.2) is 32.9 Å². The first-order chi connectivity index (χ1) is 13.9. The molecule has 0 atom stereocenters. The second-order valence-electron chi connectivity index (χ2n) is 6.52. The third-order valence-corrected chi connectivity index (χ3v) is 6.33. The second-order valence-corrected chi connectivity index (χ2v) is 8.71. The third-order valence-electron chi connectivity index (χ3n) is 4.62. The van der Waals surface area contributed by atoms with Crippen LogP contribution in [0.25, 0.3) is 11.8 Å². The van der Waals surface area contributed by atoms with E-state index in [1.165, 1.54) is 16.2 Å². The van der Waals surface area contributed by atoms with Crippen LogP contribution in [0.3, 0.4) is 0 Å². The molecule has 7 nitrogen and oxygen atoms in total. The van der Waals surface area contributed by atoms with E-state index in [1.54, 1.807) is 7.11 Å². The molecule has 0 bridgehead atoms. The zero-order chi connectivity index (χ0) is 20.7. The second kappa shape index (κ2) is 7.49. The molecule has 4 rings (SSSR count). The van der Waals surface area contributed by atoms with Gasteiger partial charge in [-0.3, -0.25) is 10.2 Å². The molecule has 1 aliphatic rings. The number of anilines is 1. The zero-order valence-corrected chi connectivity index (χ0v) is 18.0. The molecule has 0 spiro atoms. The van der Waals surface area contributed by atoms with Crippen LogP contribution in [0.5, 0.6) is 5.75 Å². The van der Waals surface area contributed by atoms with Crippen molar-refractivity contribution in [2.45, 2.75) is 20.8 Å². The molecule has 148 valence electrons. The molecular formula is C20H19N5O2S2. The van der Waals surface area contributed by atoms with Crippen LogP contribution in [0.15, 0.2) is 35.2 Å². The summed E-state index contributed by atoms with van der Waals surface area (Å²) in [6, 6.07) is 9.89. The smallest absolute Gasteiger partial charge is 0.273 e. The number of ether oxygens (including phenoxy) is 1. The van der Waals surface area contributed by atoms with Crippen molar-refractivity contribution in [2.75, 3.05) is 12.0 Å². The minimum atomic E-state index is -0.245. The minimum Gasteiger partial charge on any atom is -0.497 e. The topological polar surface area (TPSA) is 84.1 Å². The van der Waals surface area contributed by atoms with Crippen LogP contribution in [-0.2, 0) is 4.79 Å². The Kier molecular flexibility index (Phi) is 5.01. The lowest BCUT2D eigenvalue weighted by Crippen LogP contribution is -2.27.